The lowest BCUT2D eigenvalue weighted by atomic mass is 10.2. The molecular formula is C15H13N3O3. The number of fused-ring (bicyclic) bond motifs is 1. The first-order valence-electron chi connectivity index (χ1n) is 6.38. The first-order chi connectivity index (χ1) is 10.3. The maximum absolute atomic E-state index is 11.9. The molecule has 0 aliphatic rings. The molecule has 3 rings (SSSR count). The van der Waals surface area contributed by atoms with Crippen molar-refractivity contribution in [2.24, 2.45) is 0 Å². The number of ether oxygens (including phenoxy) is 1. The first-order valence-corrected chi connectivity index (χ1v) is 6.38. The van der Waals surface area contributed by atoms with Gasteiger partial charge in [-0.15, -0.1) is 5.10 Å². The molecule has 0 saturated heterocycles. The number of nitrogens with zero attached hydrogens (tertiary/aromatic N) is 3. The van der Waals surface area contributed by atoms with Crippen molar-refractivity contribution in [3.8, 4) is 0 Å². The van der Waals surface area contributed by atoms with E-state index in [2.05, 4.69) is 10.3 Å². The van der Waals surface area contributed by atoms with Gasteiger partial charge in [0, 0.05) is 0 Å². The van der Waals surface area contributed by atoms with Crippen LogP contribution in [0, 0.1) is 0 Å². The summed E-state index contributed by atoms with van der Waals surface area (Å²) in [5, 5.41) is 8.13. The van der Waals surface area contributed by atoms with Gasteiger partial charge in [0.25, 0.3) is 0 Å². The van der Waals surface area contributed by atoms with Crippen molar-refractivity contribution in [3.63, 3.8) is 0 Å². The molecule has 2 heterocycles. The minimum atomic E-state index is -0.425. The van der Waals surface area contributed by atoms with E-state index in [0.717, 1.165) is 11.0 Å². The molecule has 0 fully saturated rings. The Morgan fingerprint density at radius 1 is 1.33 bits per heavy atom. The van der Waals surface area contributed by atoms with Crippen molar-refractivity contribution in [1.29, 1.82) is 0 Å². The van der Waals surface area contributed by atoms with Crippen LogP contribution >= 0.6 is 0 Å². The third kappa shape index (κ3) is 2.69. The van der Waals surface area contributed by atoms with Gasteiger partial charge in [0.1, 0.15) is 11.3 Å². The van der Waals surface area contributed by atoms with Gasteiger partial charge in [0.2, 0.25) is 0 Å². The van der Waals surface area contributed by atoms with Gasteiger partial charge in [-0.3, -0.25) is 0 Å². The second-order valence-corrected chi connectivity index (χ2v) is 4.41. The largest absolute Gasteiger partial charge is 0.466 e. The maximum Gasteiger partial charge on any atom is 0.335 e. The number of rotatable bonds is 4. The Kier molecular flexibility index (Phi) is 3.51. The lowest BCUT2D eigenvalue weighted by molar-refractivity contribution is -0.136. The molecule has 0 N–H and O–H groups in total. The summed E-state index contributed by atoms with van der Waals surface area (Å²) < 4.78 is 11.7. The summed E-state index contributed by atoms with van der Waals surface area (Å²) in [7, 11) is 1.34. The van der Waals surface area contributed by atoms with Crippen LogP contribution in [0.1, 0.15) is 5.76 Å². The first kappa shape index (κ1) is 13.1. The number of furan rings is 1. The molecule has 0 saturated carbocycles. The molecule has 3 aromatic rings. The van der Waals surface area contributed by atoms with E-state index in [9.17, 15) is 4.79 Å². The summed E-state index contributed by atoms with van der Waals surface area (Å²) in [6.45, 7) is 0.258. The highest BCUT2D eigenvalue weighted by molar-refractivity contribution is 5.93. The average Bonchev–Trinajstić information content (AvgIpc) is 3.16. The Morgan fingerprint density at radius 3 is 2.95 bits per heavy atom. The van der Waals surface area contributed by atoms with E-state index in [1.807, 2.05) is 24.3 Å². The van der Waals surface area contributed by atoms with Crippen molar-refractivity contribution in [2.45, 2.75) is 6.54 Å². The van der Waals surface area contributed by atoms with Gasteiger partial charge >= 0.3 is 5.97 Å². The number of hydrogen-bond acceptors (Lipinski definition) is 5. The summed E-state index contributed by atoms with van der Waals surface area (Å²) in [4.78, 5) is 11.9. The molecule has 1 aromatic carbocycles. The van der Waals surface area contributed by atoms with E-state index in [4.69, 9.17) is 9.15 Å². The highest BCUT2D eigenvalue weighted by Gasteiger charge is 2.14. The van der Waals surface area contributed by atoms with Gasteiger partial charge < -0.3 is 9.15 Å². The van der Waals surface area contributed by atoms with Gasteiger partial charge in [-0.2, -0.15) is 0 Å². The van der Waals surface area contributed by atoms with Crippen LogP contribution in [0.4, 0.5) is 0 Å². The monoisotopic (exact) mass is 283 g/mol. The predicted molar refractivity (Wildman–Crippen MR) is 76.2 cm³/mol. The molecule has 2 aromatic heterocycles. The summed E-state index contributed by atoms with van der Waals surface area (Å²) in [6, 6.07) is 11.1. The minimum absolute atomic E-state index is 0.258. The van der Waals surface area contributed by atoms with Crippen LogP contribution in [0.5, 0.6) is 0 Å². The van der Waals surface area contributed by atoms with Gasteiger partial charge in [-0.25, -0.2) is 9.48 Å². The second-order valence-electron chi connectivity index (χ2n) is 4.41. The Labute approximate surface area is 120 Å². The SMILES string of the molecule is COC(=O)/C(=C/c1ccco1)Cn1nnc2ccccc21. The number of hydrogen-bond donors (Lipinski definition) is 0. The van der Waals surface area contributed by atoms with Gasteiger partial charge in [0.05, 0.1) is 31.0 Å². The summed E-state index contributed by atoms with van der Waals surface area (Å²) in [5.41, 5.74) is 2.06. The van der Waals surface area contributed by atoms with Gasteiger partial charge in [-0.1, -0.05) is 17.3 Å². The average molecular weight is 283 g/mol. The van der Waals surface area contributed by atoms with E-state index < -0.39 is 5.97 Å². The lowest BCUT2D eigenvalue weighted by Crippen LogP contribution is -2.12. The van der Waals surface area contributed by atoms with Gasteiger partial charge in [0.15, 0.2) is 0 Å². The molecular weight excluding hydrogens is 270 g/mol. The Hall–Kier alpha value is -2.89. The standard InChI is InChI=1S/C15H13N3O3/c1-20-15(19)11(9-12-5-4-8-21-12)10-18-14-7-3-2-6-13(14)16-17-18/h2-9H,10H2,1H3/b11-9+. The number of para-hydroxylation sites is 1. The van der Waals surface area contributed by atoms with E-state index in [0.29, 0.717) is 11.3 Å². The van der Waals surface area contributed by atoms with Crippen molar-refractivity contribution in [3.05, 3.63) is 54.0 Å². The third-order valence-electron chi connectivity index (χ3n) is 3.05. The number of benzene rings is 1. The van der Waals surface area contributed by atoms with Gasteiger partial charge in [-0.05, 0) is 30.3 Å². The van der Waals surface area contributed by atoms with Crippen LogP contribution in [0.2, 0.25) is 0 Å². The maximum atomic E-state index is 11.9. The smallest absolute Gasteiger partial charge is 0.335 e. The zero-order chi connectivity index (χ0) is 14.7. The zero-order valence-corrected chi connectivity index (χ0v) is 11.4. The molecule has 0 spiro atoms. The molecule has 21 heavy (non-hydrogen) atoms. The number of carbonyl (C=O) groups excluding carboxylic acids is 1. The zero-order valence-electron chi connectivity index (χ0n) is 11.4. The second kappa shape index (κ2) is 5.62. The van der Waals surface area contributed by atoms with Crippen molar-refractivity contribution < 1.29 is 13.9 Å². The van der Waals surface area contributed by atoms with Crippen LogP contribution in [-0.4, -0.2) is 28.1 Å². The molecule has 0 radical (unpaired) electrons. The summed E-state index contributed by atoms with van der Waals surface area (Å²) in [5.74, 6) is 0.158. The van der Waals surface area contributed by atoms with Crippen LogP contribution in [-0.2, 0) is 16.1 Å². The molecule has 0 amide bonds. The van der Waals surface area contributed by atoms with E-state index in [-0.39, 0.29) is 6.54 Å². The molecule has 0 aliphatic carbocycles. The molecule has 0 aliphatic heterocycles. The Balaban J connectivity index is 1.97. The number of aromatic nitrogens is 3. The number of carbonyl (C=O) groups is 1. The number of methoxy groups -OCH3 is 1. The fourth-order valence-corrected chi connectivity index (χ4v) is 2.04. The van der Waals surface area contributed by atoms with Crippen LogP contribution in [0.25, 0.3) is 17.1 Å². The van der Waals surface area contributed by atoms with Crippen molar-refractivity contribution in [1.82, 2.24) is 15.0 Å². The highest BCUT2D eigenvalue weighted by atomic mass is 16.5. The van der Waals surface area contributed by atoms with Crippen molar-refractivity contribution >= 4 is 23.1 Å². The Morgan fingerprint density at radius 2 is 2.19 bits per heavy atom. The fraction of sp³-hybridized carbons (Fsp3) is 0.133. The molecule has 0 atom stereocenters. The predicted octanol–water partition coefficient (Wildman–Crippen LogP) is 2.28. The molecule has 0 bridgehead atoms. The normalized spacial score (nSPS) is 11.8. The minimum Gasteiger partial charge on any atom is -0.466 e. The van der Waals surface area contributed by atoms with Crippen LogP contribution in [0.15, 0.2) is 52.7 Å². The lowest BCUT2D eigenvalue weighted by Gasteiger charge is -2.05. The third-order valence-corrected chi connectivity index (χ3v) is 3.05. The van der Waals surface area contributed by atoms with Crippen LogP contribution in [0.3, 0.4) is 0 Å². The topological polar surface area (TPSA) is 70.2 Å². The highest BCUT2D eigenvalue weighted by Crippen LogP contribution is 2.15. The molecule has 0 unspecified atom stereocenters. The summed E-state index contributed by atoms with van der Waals surface area (Å²) in [6.07, 6.45) is 3.19. The van der Waals surface area contributed by atoms with E-state index in [1.165, 1.54) is 7.11 Å². The van der Waals surface area contributed by atoms with E-state index >= 15 is 0 Å². The van der Waals surface area contributed by atoms with E-state index in [1.54, 1.807) is 29.2 Å². The molecule has 6 nitrogen and oxygen atoms in total. The van der Waals surface area contributed by atoms with Crippen LogP contribution < -0.4 is 0 Å². The van der Waals surface area contributed by atoms with Crippen molar-refractivity contribution in [2.75, 3.05) is 7.11 Å². The quantitative estimate of drug-likeness (QED) is 0.542. The number of esters is 1. The fourth-order valence-electron chi connectivity index (χ4n) is 2.04. The summed E-state index contributed by atoms with van der Waals surface area (Å²) >= 11 is 0. The Bertz CT molecular complexity index is 787. The molecule has 106 valence electrons. The molecule has 6 heteroatoms.